The van der Waals surface area contributed by atoms with Gasteiger partial charge in [0.2, 0.25) is 0 Å². The lowest BCUT2D eigenvalue weighted by molar-refractivity contribution is 0.533. The van der Waals surface area contributed by atoms with Crippen LogP contribution in [0.25, 0.3) is 0 Å². The molecular formula is C13H16ClN3. The fourth-order valence-corrected chi connectivity index (χ4v) is 2.84. The van der Waals surface area contributed by atoms with Gasteiger partial charge in [0.05, 0.1) is 11.6 Å². The van der Waals surface area contributed by atoms with Crippen LogP contribution in [0.1, 0.15) is 5.56 Å². The quantitative estimate of drug-likeness (QED) is 0.823. The average molecular weight is 250 g/mol. The van der Waals surface area contributed by atoms with E-state index in [0.717, 1.165) is 43.6 Å². The van der Waals surface area contributed by atoms with Crippen LogP contribution in [0.4, 0.5) is 5.69 Å². The Hall–Kier alpha value is -1.24. The van der Waals surface area contributed by atoms with Gasteiger partial charge in [-0.05, 0) is 30.0 Å². The SMILES string of the molecule is Cl.N#Cc1cccc(N2CC3CNCC3C2)c1. The molecule has 1 N–H and O–H groups in total. The highest BCUT2D eigenvalue weighted by atomic mass is 35.5. The van der Waals surface area contributed by atoms with E-state index in [1.807, 2.05) is 18.2 Å². The summed E-state index contributed by atoms with van der Waals surface area (Å²) in [7, 11) is 0. The molecule has 1 aromatic carbocycles. The molecule has 2 unspecified atom stereocenters. The van der Waals surface area contributed by atoms with Gasteiger partial charge in [0, 0.05) is 31.9 Å². The van der Waals surface area contributed by atoms with Gasteiger partial charge in [0.25, 0.3) is 0 Å². The second-order valence-corrected chi connectivity index (χ2v) is 4.75. The van der Waals surface area contributed by atoms with Gasteiger partial charge < -0.3 is 10.2 Å². The van der Waals surface area contributed by atoms with Crippen molar-refractivity contribution in [3.63, 3.8) is 0 Å². The highest BCUT2D eigenvalue weighted by molar-refractivity contribution is 5.85. The van der Waals surface area contributed by atoms with Crippen LogP contribution >= 0.6 is 12.4 Å². The molecule has 4 heteroatoms. The second-order valence-electron chi connectivity index (χ2n) is 4.75. The van der Waals surface area contributed by atoms with Crippen molar-refractivity contribution in [1.82, 2.24) is 5.32 Å². The molecule has 0 amide bonds. The number of nitrogens with one attached hydrogen (secondary N) is 1. The smallest absolute Gasteiger partial charge is 0.0992 e. The van der Waals surface area contributed by atoms with E-state index in [1.54, 1.807) is 0 Å². The minimum Gasteiger partial charge on any atom is -0.371 e. The molecule has 2 aliphatic rings. The van der Waals surface area contributed by atoms with Crippen molar-refractivity contribution in [3.05, 3.63) is 29.8 Å². The predicted octanol–water partition coefficient (Wildman–Crippen LogP) is 1.64. The topological polar surface area (TPSA) is 39.1 Å². The summed E-state index contributed by atoms with van der Waals surface area (Å²) in [6.45, 7) is 4.57. The zero-order valence-corrected chi connectivity index (χ0v) is 10.4. The lowest BCUT2D eigenvalue weighted by atomic mass is 10.0. The van der Waals surface area contributed by atoms with Crippen molar-refractivity contribution < 1.29 is 0 Å². The molecule has 2 aliphatic heterocycles. The summed E-state index contributed by atoms with van der Waals surface area (Å²) in [5.41, 5.74) is 1.96. The Kier molecular flexibility index (Phi) is 3.56. The van der Waals surface area contributed by atoms with Gasteiger partial charge in [-0.25, -0.2) is 0 Å². The molecular weight excluding hydrogens is 234 g/mol. The number of fused-ring (bicyclic) bond motifs is 1. The predicted molar refractivity (Wildman–Crippen MR) is 70.5 cm³/mol. The Balaban J connectivity index is 0.00000108. The molecule has 2 atom stereocenters. The summed E-state index contributed by atoms with van der Waals surface area (Å²) < 4.78 is 0. The number of nitriles is 1. The molecule has 3 nitrogen and oxygen atoms in total. The Bertz CT molecular complexity index is 429. The molecule has 0 aromatic heterocycles. The molecule has 0 radical (unpaired) electrons. The van der Waals surface area contributed by atoms with Gasteiger partial charge in [-0.3, -0.25) is 0 Å². The number of benzene rings is 1. The van der Waals surface area contributed by atoms with Gasteiger partial charge in [-0.15, -0.1) is 12.4 Å². The number of nitrogens with zero attached hydrogens (tertiary/aromatic N) is 2. The zero-order valence-electron chi connectivity index (χ0n) is 9.60. The van der Waals surface area contributed by atoms with E-state index >= 15 is 0 Å². The summed E-state index contributed by atoms with van der Waals surface area (Å²) in [4.78, 5) is 2.41. The third-order valence-electron chi connectivity index (χ3n) is 3.73. The largest absolute Gasteiger partial charge is 0.371 e. The number of rotatable bonds is 1. The Labute approximate surface area is 108 Å². The molecule has 2 heterocycles. The van der Waals surface area contributed by atoms with Crippen molar-refractivity contribution in [1.29, 1.82) is 5.26 Å². The van der Waals surface area contributed by atoms with Crippen molar-refractivity contribution in [3.8, 4) is 6.07 Å². The average Bonchev–Trinajstić information content (AvgIpc) is 2.89. The van der Waals surface area contributed by atoms with E-state index < -0.39 is 0 Å². The van der Waals surface area contributed by atoms with Crippen LogP contribution in [0.3, 0.4) is 0 Å². The van der Waals surface area contributed by atoms with Gasteiger partial charge in [-0.1, -0.05) is 6.07 Å². The molecule has 0 bridgehead atoms. The Morgan fingerprint density at radius 1 is 1.24 bits per heavy atom. The molecule has 2 saturated heterocycles. The number of hydrogen-bond acceptors (Lipinski definition) is 3. The Morgan fingerprint density at radius 2 is 1.94 bits per heavy atom. The van der Waals surface area contributed by atoms with Gasteiger partial charge in [-0.2, -0.15) is 5.26 Å². The van der Waals surface area contributed by atoms with Crippen LogP contribution in [0.15, 0.2) is 24.3 Å². The van der Waals surface area contributed by atoms with Crippen LogP contribution in [0.5, 0.6) is 0 Å². The minimum atomic E-state index is 0. The number of hydrogen-bond donors (Lipinski definition) is 1. The third kappa shape index (κ3) is 2.24. The molecule has 0 spiro atoms. The first-order valence-electron chi connectivity index (χ1n) is 5.82. The molecule has 17 heavy (non-hydrogen) atoms. The summed E-state index contributed by atoms with van der Waals surface area (Å²) in [6.07, 6.45) is 0. The van der Waals surface area contributed by atoms with Crippen LogP contribution in [-0.4, -0.2) is 26.2 Å². The van der Waals surface area contributed by atoms with E-state index in [2.05, 4.69) is 22.4 Å². The van der Waals surface area contributed by atoms with Crippen molar-refractivity contribution in [2.45, 2.75) is 0 Å². The summed E-state index contributed by atoms with van der Waals surface area (Å²) in [5.74, 6) is 1.59. The van der Waals surface area contributed by atoms with E-state index in [0.29, 0.717) is 0 Å². The maximum absolute atomic E-state index is 8.89. The summed E-state index contributed by atoms with van der Waals surface area (Å²) >= 11 is 0. The minimum absolute atomic E-state index is 0. The molecule has 3 rings (SSSR count). The molecule has 2 fully saturated rings. The lowest BCUT2D eigenvalue weighted by Crippen LogP contribution is -2.25. The van der Waals surface area contributed by atoms with E-state index in [9.17, 15) is 0 Å². The maximum atomic E-state index is 8.89. The summed E-state index contributed by atoms with van der Waals surface area (Å²) in [6, 6.07) is 10.1. The highest BCUT2D eigenvalue weighted by Gasteiger charge is 2.35. The second kappa shape index (κ2) is 4.95. The standard InChI is InChI=1S/C13H15N3.ClH/c14-5-10-2-1-3-13(4-10)16-8-11-6-15-7-12(11)9-16;/h1-4,11-12,15H,6-9H2;1H. The molecule has 90 valence electrons. The van der Waals surface area contributed by atoms with Crippen LogP contribution in [0, 0.1) is 23.2 Å². The molecule has 0 aliphatic carbocycles. The number of anilines is 1. The fourth-order valence-electron chi connectivity index (χ4n) is 2.84. The molecule has 0 saturated carbocycles. The monoisotopic (exact) mass is 249 g/mol. The van der Waals surface area contributed by atoms with Gasteiger partial charge in [0.15, 0.2) is 0 Å². The van der Waals surface area contributed by atoms with Gasteiger partial charge >= 0.3 is 0 Å². The van der Waals surface area contributed by atoms with E-state index in [4.69, 9.17) is 5.26 Å². The van der Waals surface area contributed by atoms with Crippen molar-refractivity contribution in [2.75, 3.05) is 31.1 Å². The fraction of sp³-hybridized carbons (Fsp3) is 0.462. The first-order valence-corrected chi connectivity index (χ1v) is 5.82. The summed E-state index contributed by atoms with van der Waals surface area (Å²) in [5, 5.41) is 12.3. The van der Waals surface area contributed by atoms with Crippen LogP contribution < -0.4 is 10.2 Å². The first kappa shape index (κ1) is 12.2. The number of halogens is 1. The maximum Gasteiger partial charge on any atom is 0.0992 e. The van der Waals surface area contributed by atoms with Gasteiger partial charge in [0.1, 0.15) is 0 Å². The van der Waals surface area contributed by atoms with Crippen LogP contribution in [0.2, 0.25) is 0 Å². The third-order valence-corrected chi connectivity index (χ3v) is 3.73. The highest BCUT2D eigenvalue weighted by Crippen LogP contribution is 2.30. The molecule has 1 aromatic rings. The first-order chi connectivity index (χ1) is 7.86. The Morgan fingerprint density at radius 3 is 2.59 bits per heavy atom. The van der Waals surface area contributed by atoms with E-state index in [1.165, 1.54) is 5.69 Å². The van der Waals surface area contributed by atoms with Crippen molar-refractivity contribution in [2.24, 2.45) is 11.8 Å². The zero-order chi connectivity index (χ0) is 11.0. The van der Waals surface area contributed by atoms with Crippen molar-refractivity contribution >= 4 is 18.1 Å². The normalized spacial score (nSPS) is 26.2. The lowest BCUT2D eigenvalue weighted by Gasteiger charge is -2.19. The van der Waals surface area contributed by atoms with Crippen LogP contribution in [-0.2, 0) is 0 Å². The van der Waals surface area contributed by atoms with E-state index in [-0.39, 0.29) is 12.4 Å².